The maximum absolute atomic E-state index is 6.20. The van der Waals surface area contributed by atoms with Gasteiger partial charge in [0.2, 0.25) is 0 Å². The SMILES string of the molecule is Cc1ncc(-c2cccc(-c3cccc4c(N)nnc(Nc5ccccc5)c34)c2)n1C. The topological polar surface area (TPSA) is 81.7 Å². The molecule has 6 heteroatoms. The van der Waals surface area contributed by atoms with Crippen LogP contribution in [0.5, 0.6) is 0 Å². The lowest BCUT2D eigenvalue weighted by Crippen LogP contribution is -2.02. The van der Waals surface area contributed by atoms with Crippen molar-refractivity contribution >= 4 is 28.1 Å². The van der Waals surface area contributed by atoms with Crippen molar-refractivity contribution in [3.8, 4) is 22.4 Å². The van der Waals surface area contributed by atoms with Gasteiger partial charge < -0.3 is 15.6 Å². The summed E-state index contributed by atoms with van der Waals surface area (Å²) in [6.07, 6.45) is 1.91. The fourth-order valence-electron chi connectivity index (χ4n) is 3.83. The normalized spacial score (nSPS) is 11.0. The number of nitrogens with two attached hydrogens (primary N) is 1. The van der Waals surface area contributed by atoms with Crippen LogP contribution in [0.1, 0.15) is 5.82 Å². The fourth-order valence-corrected chi connectivity index (χ4v) is 3.83. The van der Waals surface area contributed by atoms with Gasteiger partial charge in [-0.3, -0.25) is 0 Å². The van der Waals surface area contributed by atoms with Gasteiger partial charge in [-0.2, -0.15) is 0 Å². The van der Waals surface area contributed by atoms with Crippen molar-refractivity contribution in [2.45, 2.75) is 6.92 Å². The molecule has 152 valence electrons. The standard InChI is InChI=1S/C25H22N6/c1-16-27-15-22(31(16)2)18-9-6-8-17(14-18)20-12-7-13-21-23(20)25(30-29-24(21)26)28-19-10-4-3-5-11-19/h3-15H,1-2H3,(H2,26,29)(H,28,30). The van der Waals surface area contributed by atoms with Gasteiger partial charge in [-0.25, -0.2) is 4.98 Å². The van der Waals surface area contributed by atoms with Crippen molar-refractivity contribution in [3.05, 3.63) is 84.8 Å². The molecule has 0 amide bonds. The molecule has 0 radical (unpaired) electrons. The Morgan fingerprint density at radius 1 is 0.871 bits per heavy atom. The second kappa shape index (κ2) is 7.57. The number of nitrogens with one attached hydrogen (secondary N) is 1. The van der Waals surface area contributed by atoms with Crippen molar-refractivity contribution in [1.29, 1.82) is 0 Å². The Labute approximate surface area is 180 Å². The average molecular weight is 406 g/mol. The summed E-state index contributed by atoms with van der Waals surface area (Å²) >= 11 is 0. The molecule has 3 aromatic carbocycles. The van der Waals surface area contributed by atoms with E-state index in [9.17, 15) is 0 Å². The number of fused-ring (bicyclic) bond motifs is 1. The van der Waals surface area contributed by atoms with Gasteiger partial charge in [0.15, 0.2) is 11.6 Å². The number of aromatic nitrogens is 4. The van der Waals surface area contributed by atoms with Crippen LogP contribution in [0.15, 0.2) is 79.0 Å². The number of hydrogen-bond acceptors (Lipinski definition) is 5. The van der Waals surface area contributed by atoms with Gasteiger partial charge in [-0.05, 0) is 36.2 Å². The molecule has 0 aliphatic carbocycles. The zero-order valence-corrected chi connectivity index (χ0v) is 17.4. The second-order valence-corrected chi connectivity index (χ2v) is 7.48. The van der Waals surface area contributed by atoms with Gasteiger partial charge in [0.25, 0.3) is 0 Å². The van der Waals surface area contributed by atoms with Crippen molar-refractivity contribution in [2.75, 3.05) is 11.1 Å². The Bertz CT molecular complexity index is 1390. The number of aryl methyl sites for hydroxylation is 1. The number of rotatable bonds is 4. The van der Waals surface area contributed by atoms with E-state index >= 15 is 0 Å². The smallest absolute Gasteiger partial charge is 0.161 e. The summed E-state index contributed by atoms with van der Waals surface area (Å²) in [6.45, 7) is 2.00. The molecule has 31 heavy (non-hydrogen) atoms. The number of imidazole rings is 1. The Kier molecular flexibility index (Phi) is 4.59. The molecule has 0 aliphatic heterocycles. The van der Waals surface area contributed by atoms with Crippen LogP contribution in [-0.4, -0.2) is 19.7 Å². The molecule has 5 rings (SSSR count). The molecule has 2 heterocycles. The molecule has 6 nitrogen and oxygen atoms in total. The zero-order chi connectivity index (χ0) is 21.4. The van der Waals surface area contributed by atoms with Gasteiger partial charge in [-0.15, -0.1) is 10.2 Å². The van der Waals surface area contributed by atoms with Gasteiger partial charge in [-0.1, -0.05) is 54.6 Å². The number of para-hydroxylation sites is 1. The molecule has 0 saturated carbocycles. The fraction of sp³-hybridized carbons (Fsp3) is 0.0800. The monoisotopic (exact) mass is 406 g/mol. The van der Waals surface area contributed by atoms with Crippen molar-refractivity contribution in [1.82, 2.24) is 19.7 Å². The molecular weight excluding hydrogens is 384 g/mol. The van der Waals surface area contributed by atoms with E-state index < -0.39 is 0 Å². The average Bonchev–Trinajstić information content (AvgIpc) is 3.14. The third kappa shape index (κ3) is 3.38. The molecular formula is C25H22N6. The summed E-state index contributed by atoms with van der Waals surface area (Å²) < 4.78 is 2.09. The largest absolute Gasteiger partial charge is 0.382 e. The Morgan fingerprint density at radius 3 is 2.42 bits per heavy atom. The molecule has 0 unspecified atom stereocenters. The number of hydrogen-bond donors (Lipinski definition) is 2. The highest BCUT2D eigenvalue weighted by Gasteiger charge is 2.14. The van der Waals surface area contributed by atoms with Crippen LogP contribution in [0.3, 0.4) is 0 Å². The summed E-state index contributed by atoms with van der Waals surface area (Å²) in [6, 6.07) is 24.5. The van der Waals surface area contributed by atoms with Gasteiger partial charge in [0.1, 0.15) is 5.82 Å². The minimum Gasteiger partial charge on any atom is -0.382 e. The third-order valence-electron chi connectivity index (χ3n) is 5.56. The number of anilines is 3. The first-order valence-electron chi connectivity index (χ1n) is 10.1. The molecule has 2 aromatic heterocycles. The molecule has 0 aliphatic rings. The van der Waals surface area contributed by atoms with Crippen LogP contribution in [0, 0.1) is 6.92 Å². The van der Waals surface area contributed by atoms with Crippen molar-refractivity contribution in [2.24, 2.45) is 7.05 Å². The summed E-state index contributed by atoms with van der Waals surface area (Å²) in [5.74, 6) is 2.06. The van der Waals surface area contributed by atoms with Crippen LogP contribution >= 0.6 is 0 Å². The lowest BCUT2D eigenvalue weighted by molar-refractivity contribution is 0.865. The summed E-state index contributed by atoms with van der Waals surface area (Å²) in [4.78, 5) is 4.44. The van der Waals surface area contributed by atoms with Gasteiger partial charge in [0, 0.05) is 29.1 Å². The van der Waals surface area contributed by atoms with Crippen molar-refractivity contribution in [3.63, 3.8) is 0 Å². The first kappa shape index (κ1) is 18.8. The summed E-state index contributed by atoms with van der Waals surface area (Å²) in [5.41, 5.74) is 11.4. The van der Waals surface area contributed by atoms with E-state index in [-0.39, 0.29) is 0 Å². The summed E-state index contributed by atoms with van der Waals surface area (Å²) in [7, 11) is 2.03. The highest BCUT2D eigenvalue weighted by Crippen LogP contribution is 2.37. The molecule has 0 saturated heterocycles. The molecule has 5 aromatic rings. The minimum atomic E-state index is 0.411. The number of nitrogens with zero attached hydrogens (tertiary/aromatic N) is 4. The second-order valence-electron chi connectivity index (χ2n) is 7.48. The first-order chi connectivity index (χ1) is 15.1. The third-order valence-corrected chi connectivity index (χ3v) is 5.56. The minimum absolute atomic E-state index is 0.411. The Balaban J connectivity index is 1.70. The van der Waals surface area contributed by atoms with Crippen LogP contribution in [-0.2, 0) is 7.05 Å². The van der Waals surface area contributed by atoms with E-state index in [0.29, 0.717) is 11.6 Å². The lowest BCUT2D eigenvalue weighted by atomic mass is 9.97. The van der Waals surface area contributed by atoms with E-state index in [1.807, 2.05) is 62.6 Å². The lowest BCUT2D eigenvalue weighted by Gasteiger charge is -2.14. The molecule has 0 fully saturated rings. The highest BCUT2D eigenvalue weighted by atomic mass is 15.2. The zero-order valence-electron chi connectivity index (χ0n) is 17.4. The van der Waals surface area contributed by atoms with E-state index in [1.165, 1.54) is 0 Å². The highest BCUT2D eigenvalue weighted by molar-refractivity contribution is 6.08. The maximum atomic E-state index is 6.20. The van der Waals surface area contributed by atoms with E-state index in [4.69, 9.17) is 5.73 Å². The van der Waals surface area contributed by atoms with Gasteiger partial charge in [0.05, 0.1) is 11.9 Å². The van der Waals surface area contributed by atoms with Gasteiger partial charge >= 0.3 is 0 Å². The Morgan fingerprint density at radius 2 is 1.65 bits per heavy atom. The molecule has 0 spiro atoms. The van der Waals surface area contributed by atoms with Crippen molar-refractivity contribution < 1.29 is 0 Å². The maximum Gasteiger partial charge on any atom is 0.161 e. The van der Waals surface area contributed by atoms with Crippen LogP contribution < -0.4 is 11.1 Å². The number of benzene rings is 3. The predicted molar refractivity (Wildman–Crippen MR) is 126 cm³/mol. The first-order valence-corrected chi connectivity index (χ1v) is 10.1. The van der Waals surface area contributed by atoms with E-state index in [0.717, 1.165) is 44.7 Å². The Hall–Kier alpha value is -4.19. The molecule has 0 atom stereocenters. The van der Waals surface area contributed by atoms with Crippen LogP contribution in [0.4, 0.5) is 17.3 Å². The van der Waals surface area contributed by atoms with Crippen LogP contribution in [0.25, 0.3) is 33.2 Å². The molecule has 3 N–H and O–H groups in total. The number of nitrogen functional groups attached to an aromatic ring is 1. The summed E-state index contributed by atoms with van der Waals surface area (Å²) in [5, 5.41) is 13.8. The molecule has 0 bridgehead atoms. The van der Waals surface area contributed by atoms with E-state index in [2.05, 4.69) is 55.4 Å². The van der Waals surface area contributed by atoms with E-state index in [1.54, 1.807) is 0 Å². The predicted octanol–water partition coefficient (Wildman–Crippen LogP) is 5.33. The van der Waals surface area contributed by atoms with Crippen LogP contribution in [0.2, 0.25) is 0 Å². The quantitative estimate of drug-likeness (QED) is 0.421.